The molecule has 0 saturated heterocycles. The van der Waals surface area contributed by atoms with E-state index in [0.717, 1.165) is 19.3 Å². The van der Waals surface area contributed by atoms with Crippen LogP contribution in [0.3, 0.4) is 0 Å². The van der Waals surface area contributed by atoms with Crippen LogP contribution in [-0.4, -0.2) is 21.5 Å². The maximum Gasteiger partial charge on any atom is 0.279 e. The highest BCUT2D eigenvalue weighted by atomic mass is 79.9. The molecule has 2 amide bonds. The molecule has 170 valence electrons. The second kappa shape index (κ2) is 12.5. The number of aryl methyl sites for hydroxylation is 1. The number of nitrogens with one attached hydrogen (secondary N) is 2. The first-order chi connectivity index (χ1) is 14.9. The van der Waals surface area contributed by atoms with Gasteiger partial charge in [0.15, 0.2) is 0 Å². The first-order valence-electron chi connectivity index (χ1n) is 11.0. The molecule has 3 N–H and O–H groups in total. The highest BCUT2D eigenvalue weighted by Crippen LogP contribution is 2.28. The number of benzene rings is 1. The summed E-state index contributed by atoms with van der Waals surface area (Å²) in [6.45, 7) is 2.21. The Morgan fingerprint density at radius 1 is 1.00 bits per heavy atom. The van der Waals surface area contributed by atoms with E-state index < -0.39 is 22.8 Å². The maximum atomic E-state index is 12.5. The minimum atomic E-state index is -0.847. The Morgan fingerprint density at radius 2 is 1.61 bits per heavy atom. The molecule has 2 aromatic rings. The largest absolute Gasteiger partial charge is 0.506 e. The van der Waals surface area contributed by atoms with Gasteiger partial charge in [0.1, 0.15) is 11.3 Å². The Hall–Kier alpha value is -2.35. The van der Waals surface area contributed by atoms with E-state index in [4.69, 9.17) is 0 Å². The molecule has 0 atom stereocenters. The fourth-order valence-electron chi connectivity index (χ4n) is 3.56. The lowest BCUT2D eigenvalue weighted by molar-refractivity contribution is -0.122. The van der Waals surface area contributed by atoms with Crippen LogP contribution >= 0.6 is 15.9 Å². The smallest absolute Gasteiger partial charge is 0.279 e. The number of halogens is 1. The molecule has 0 aliphatic rings. The summed E-state index contributed by atoms with van der Waals surface area (Å²) in [7, 11) is 1.52. The number of aromatic hydroxyl groups is 1. The van der Waals surface area contributed by atoms with Gasteiger partial charge >= 0.3 is 0 Å². The fraction of sp³-hybridized carbons (Fsp3) is 0.522. The summed E-state index contributed by atoms with van der Waals surface area (Å²) in [6.07, 6.45) is 10.7. The van der Waals surface area contributed by atoms with Gasteiger partial charge in [0.05, 0.1) is 5.52 Å². The molecule has 0 bridgehead atoms. The van der Waals surface area contributed by atoms with E-state index in [9.17, 15) is 19.5 Å². The van der Waals surface area contributed by atoms with Crippen LogP contribution in [0.5, 0.6) is 5.75 Å². The predicted octanol–water partition coefficient (Wildman–Crippen LogP) is 4.69. The number of rotatable bonds is 11. The Balaban J connectivity index is 1.83. The van der Waals surface area contributed by atoms with Gasteiger partial charge in [0.2, 0.25) is 5.91 Å². The van der Waals surface area contributed by atoms with E-state index >= 15 is 0 Å². The number of nitrogens with zero attached hydrogens (tertiary/aromatic N) is 1. The normalized spacial score (nSPS) is 10.9. The minimum absolute atomic E-state index is 0.296. The van der Waals surface area contributed by atoms with Crippen molar-refractivity contribution in [3.05, 3.63) is 38.6 Å². The molecule has 0 radical (unpaired) electrons. The Morgan fingerprint density at radius 3 is 2.26 bits per heavy atom. The summed E-state index contributed by atoms with van der Waals surface area (Å²) < 4.78 is 2.00. The van der Waals surface area contributed by atoms with Crippen molar-refractivity contribution in [1.82, 2.24) is 15.4 Å². The van der Waals surface area contributed by atoms with Crippen molar-refractivity contribution in [1.29, 1.82) is 0 Å². The zero-order chi connectivity index (χ0) is 22.8. The van der Waals surface area contributed by atoms with Gasteiger partial charge < -0.3 is 9.67 Å². The predicted molar refractivity (Wildman–Crippen MR) is 126 cm³/mol. The fourth-order valence-corrected chi connectivity index (χ4v) is 3.92. The van der Waals surface area contributed by atoms with Gasteiger partial charge in [-0.25, -0.2) is 0 Å². The van der Waals surface area contributed by atoms with Crippen molar-refractivity contribution in [2.45, 2.75) is 71.1 Å². The second-order valence-electron chi connectivity index (χ2n) is 7.83. The topological polar surface area (TPSA) is 100 Å². The molecule has 31 heavy (non-hydrogen) atoms. The standard InChI is InChI=1S/C23H32BrN3O4/c1-3-4-5-6-7-8-9-10-11-12-19(28)25-26-22(30)20-21(29)17-15-16(24)13-14-18(17)27(2)23(20)31/h13-15,29H,3-12H2,1-2H3,(H,25,28)(H,26,30). The third-order valence-electron chi connectivity index (χ3n) is 5.38. The van der Waals surface area contributed by atoms with Gasteiger partial charge in [-0.05, 0) is 24.6 Å². The van der Waals surface area contributed by atoms with Crippen molar-refractivity contribution < 1.29 is 14.7 Å². The summed E-state index contributed by atoms with van der Waals surface area (Å²) in [6, 6.07) is 5.05. The molecular formula is C23H32BrN3O4. The molecule has 0 saturated carbocycles. The number of carbonyl (C=O) groups excluding carboxylic acids is 2. The average Bonchev–Trinajstić information content (AvgIpc) is 2.75. The number of carbonyl (C=O) groups is 2. The van der Waals surface area contributed by atoms with Crippen molar-refractivity contribution >= 4 is 38.6 Å². The molecule has 8 heteroatoms. The van der Waals surface area contributed by atoms with Crippen LogP contribution in [0, 0.1) is 0 Å². The van der Waals surface area contributed by atoms with E-state index in [0.29, 0.717) is 21.8 Å². The quantitative estimate of drug-likeness (QED) is 0.312. The SMILES string of the molecule is CCCCCCCCCCCC(=O)NNC(=O)c1c(O)c2cc(Br)ccc2n(C)c1=O. The lowest BCUT2D eigenvalue weighted by atomic mass is 10.1. The van der Waals surface area contributed by atoms with Crippen molar-refractivity contribution in [3.8, 4) is 5.75 Å². The molecule has 1 aromatic heterocycles. The Kier molecular flexibility index (Phi) is 10.0. The number of hydrogen-bond donors (Lipinski definition) is 3. The molecule has 7 nitrogen and oxygen atoms in total. The van der Waals surface area contributed by atoms with Crippen molar-refractivity contribution in [2.24, 2.45) is 7.05 Å². The minimum Gasteiger partial charge on any atom is -0.506 e. The lowest BCUT2D eigenvalue weighted by Crippen LogP contribution is -2.44. The van der Waals surface area contributed by atoms with E-state index in [2.05, 4.69) is 33.7 Å². The van der Waals surface area contributed by atoms with Crippen LogP contribution in [0.15, 0.2) is 27.5 Å². The van der Waals surface area contributed by atoms with E-state index in [1.807, 2.05) is 0 Å². The molecule has 0 aliphatic carbocycles. The van der Waals surface area contributed by atoms with Crippen molar-refractivity contribution in [3.63, 3.8) is 0 Å². The number of unbranched alkanes of at least 4 members (excludes halogenated alkanes) is 8. The zero-order valence-electron chi connectivity index (χ0n) is 18.3. The average molecular weight is 494 g/mol. The molecule has 1 heterocycles. The van der Waals surface area contributed by atoms with Crippen LogP contribution in [0.1, 0.15) is 81.5 Å². The number of pyridine rings is 1. The highest BCUT2D eigenvalue weighted by molar-refractivity contribution is 9.10. The van der Waals surface area contributed by atoms with Crippen LogP contribution in [-0.2, 0) is 11.8 Å². The summed E-state index contributed by atoms with van der Waals surface area (Å²) in [4.78, 5) is 37.0. The third kappa shape index (κ3) is 7.09. The lowest BCUT2D eigenvalue weighted by Gasteiger charge is -2.12. The van der Waals surface area contributed by atoms with Gasteiger partial charge in [-0.3, -0.25) is 25.2 Å². The summed E-state index contributed by atoms with van der Waals surface area (Å²) in [5, 5.41) is 10.9. The first-order valence-corrected chi connectivity index (χ1v) is 11.8. The molecule has 2 rings (SSSR count). The van der Waals surface area contributed by atoms with Gasteiger partial charge in [-0.1, -0.05) is 74.2 Å². The van der Waals surface area contributed by atoms with Gasteiger partial charge in [0, 0.05) is 23.3 Å². The van der Waals surface area contributed by atoms with Gasteiger partial charge in [0.25, 0.3) is 11.5 Å². The molecule has 0 unspecified atom stereocenters. The third-order valence-corrected chi connectivity index (χ3v) is 5.87. The van der Waals surface area contributed by atoms with Gasteiger partial charge in [-0.15, -0.1) is 0 Å². The molecule has 0 spiro atoms. The van der Waals surface area contributed by atoms with Gasteiger partial charge in [-0.2, -0.15) is 0 Å². The van der Waals surface area contributed by atoms with Crippen LogP contribution in [0.2, 0.25) is 0 Å². The Labute approximate surface area is 191 Å². The highest BCUT2D eigenvalue weighted by Gasteiger charge is 2.21. The van der Waals surface area contributed by atoms with Crippen LogP contribution in [0.4, 0.5) is 0 Å². The van der Waals surface area contributed by atoms with Crippen LogP contribution in [0.25, 0.3) is 10.9 Å². The van der Waals surface area contributed by atoms with E-state index in [-0.39, 0.29) is 5.91 Å². The monoisotopic (exact) mass is 493 g/mol. The Bertz CT molecular complexity index is 971. The molecule has 1 aromatic carbocycles. The zero-order valence-corrected chi connectivity index (χ0v) is 19.9. The maximum absolute atomic E-state index is 12.5. The number of amides is 2. The summed E-state index contributed by atoms with van der Waals surface area (Å²) in [5.41, 5.74) is 4.03. The molecule has 0 aliphatic heterocycles. The van der Waals surface area contributed by atoms with E-state index in [1.165, 1.54) is 50.1 Å². The second-order valence-corrected chi connectivity index (χ2v) is 8.75. The summed E-state index contributed by atoms with van der Waals surface area (Å²) in [5.74, 6) is -1.58. The van der Waals surface area contributed by atoms with Crippen LogP contribution < -0.4 is 16.4 Å². The first kappa shape index (κ1) is 24.9. The van der Waals surface area contributed by atoms with Crippen molar-refractivity contribution in [2.75, 3.05) is 0 Å². The number of hydrogen-bond acceptors (Lipinski definition) is 4. The number of aromatic nitrogens is 1. The summed E-state index contributed by atoms with van der Waals surface area (Å²) >= 11 is 3.32. The number of hydrazine groups is 1. The molecular weight excluding hydrogens is 462 g/mol. The molecule has 0 fully saturated rings. The van der Waals surface area contributed by atoms with E-state index in [1.54, 1.807) is 18.2 Å². The number of fused-ring (bicyclic) bond motifs is 1.